The van der Waals surface area contributed by atoms with E-state index >= 15 is 0 Å². The second-order valence-electron chi connectivity index (χ2n) is 7.11. The quantitative estimate of drug-likeness (QED) is 0.300. The molecule has 2 aromatic rings. The summed E-state index contributed by atoms with van der Waals surface area (Å²) in [6, 6.07) is 8.18. The van der Waals surface area contributed by atoms with E-state index in [0.29, 0.717) is 13.0 Å². The normalized spacial score (nSPS) is 14.4. The van der Waals surface area contributed by atoms with Crippen LogP contribution in [-0.4, -0.2) is 36.5 Å². The Balaban J connectivity index is 0.00000320. The molecule has 0 aliphatic carbocycles. The number of piperidine rings is 1. The minimum absolute atomic E-state index is 0. The van der Waals surface area contributed by atoms with Crippen LogP contribution in [-0.2, 0) is 24.2 Å². The Kier molecular flexibility index (Phi) is 10.6. The predicted molar refractivity (Wildman–Crippen MR) is 136 cm³/mol. The van der Waals surface area contributed by atoms with Gasteiger partial charge in [0.05, 0.1) is 11.6 Å². The lowest BCUT2D eigenvalue weighted by atomic mass is 10.1. The molecule has 1 aliphatic rings. The van der Waals surface area contributed by atoms with E-state index in [1.165, 1.54) is 4.88 Å². The highest BCUT2D eigenvalue weighted by Gasteiger charge is 2.19. The van der Waals surface area contributed by atoms with Crippen LogP contribution in [0.25, 0.3) is 0 Å². The van der Waals surface area contributed by atoms with Crippen LogP contribution in [0.4, 0.5) is 5.69 Å². The average Bonchev–Trinajstić information content (AvgIpc) is 3.21. The lowest BCUT2D eigenvalue weighted by Gasteiger charge is -2.26. The number of aliphatic imine (C=N–C) groups is 1. The van der Waals surface area contributed by atoms with E-state index in [-0.39, 0.29) is 29.9 Å². The van der Waals surface area contributed by atoms with Crippen LogP contribution >= 0.6 is 35.3 Å². The van der Waals surface area contributed by atoms with Crippen LogP contribution in [0, 0.1) is 0 Å². The van der Waals surface area contributed by atoms with Crippen molar-refractivity contribution in [3.05, 3.63) is 45.9 Å². The number of aryl methyl sites for hydroxylation is 1. The fraction of sp³-hybridized carbons (Fsp3) is 0.500. The standard InChI is InChI=1S/C22H31N5OS.HI/c1-3-19-16-25-20(29-19)12-13-24-22(23-4-2)26-15-17-8-10-18(11-9-17)27-14-6-5-7-21(27)28;/h8-11,16H,3-7,12-15H2,1-2H3,(H2,23,24,26);1H. The van der Waals surface area contributed by atoms with Crippen molar-refractivity contribution in [1.82, 2.24) is 15.6 Å². The first-order chi connectivity index (χ1) is 14.2. The Labute approximate surface area is 200 Å². The van der Waals surface area contributed by atoms with E-state index < -0.39 is 0 Å². The van der Waals surface area contributed by atoms with Crippen LogP contribution in [0.5, 0.6) is 0 Å². The average molecular weight is 542 g/mol. The third-order valence-corrected chi connectivity index (χ3v) is 6.12. The molecule has 0 spiro atoms. The second-order valence-corrected chi connectivity index (χ2v) is 8.31. The second kappa shape index (κ2) is 12.9. The summed E-state index contributed by atoms with van der Waals surface area (Å²) in [7, 11) is 0. The number of nitrogens with zero attached hydrogens (tertiary/aromatic N) is 3. The minimum Gasteiger partial charge on any atom is -0.357 e. The molecule has 30 heavy (non-hydrogen) atoms. The van der Waals surface area contributed by atoms with E-state index in [1.807, 2.05) is 23.2 Å². The van der Waals surface area contributed by atoms with Crippen molar-refractivity contribution in [2.24, 2.45) is 4.99 Å². The van der Waals surface area contributed by atoms with Crippen LogP contribution in [0.2, 0.25) is 0 Å². The van der Waals surface area contributed by atoms with E-state index in [4.69, 9.17) is 4.99 Å². The van der Waals surface area contributed by atoms with E-state index in [0.717, 1.165) is 67.5 Å². The third kappa shape index (κ3) is 7.23. The zero-order valence-electron chi connectivity index (χ0n) is 17.8. The van der Waals surface area contributed by atoms with Gasteiger partial charge in [0.2, 0.25) is 5.91 Å². The summed E-state index contributed by atoms with van der Waals surface area (Å²) in [6.45, 7) is 7.26. The fourth-order valence-electron chi connectivity index (χ4n) is 3.29. The van der Waals surface area contributed by atoms with E-state index in [9.17, 15) is 4.79 Å². The summed E-state index contributed by atoms with van der Waals surface area (Å²) in [6.07, 6.45) is 6.65. The van der Waals surface area contributed by atoms with Gasteiger partial charge in [0, 0.05) is 49.2 Å². The van der Waals surface area contributed by atoms with Crippen LogP contribution in [0.3, 0.4) is 0 Å². The Bertz CT molecular complexity index is 821. The number of aromatic nitrogens is 1. The Morgan fingerprint density at radius 3 is 2.67 bits per heavy atom. The maximum atomic E-state index is 12.1. The monoisotopic (exact) mass is 541 g/mol. The van der Waals surface area contributed by atoms with Gasteiger partial charge >= 0.3 is 0 Å². The van der Waals surface area contributed by atoms with Crippen LogP contribution in [0.15, 0.2) is 35.5 Å². The molecule has 2 N–H and O–H groups in total. The number of halogens is 1. The summed E-state index contributed by atoms with van der Waals surface area (Å²) in [4.78, 5) is 24.5. The molecule has 1 aromatic heterocycles. The molecular weight excluding hydrogens is 509 g/mol. The highest BCUT2D eigenvalue weighted by atomic mass is 127. The molecule has 0 bridgehead atoms. The molecule has 3 rings (SSSR count). The number of carbonyl (C=O) groups excluding carboxylic acids is 1. The van der Waals surface area contributed by atoms with E-state index in [1.54, 1.807) is 11.3 Å². The summed E-state index contributed by atoms with van der Waals surface area (Å²) >= 11 is 1.78. The van der Waals surface area contributed by atoms with Crippen molar-refractivity contribution < 1.29 is 4.79 Å². The number of anilines is 1. The first kappa shape index (κ1) is 24.6. The number of carbonyl (C=O) groups is 1. The highest BCUT2D eigenvalue weighted by molar-refractivity contribution is 14.0. The zero-order valence-corrected chi connectivity index (χ0v) is 21.0. The van der Waals surface area contributed by atoms with Gasteiger partial charge in [-0.3, -0.25) is 4.79 Å². The molecule has 0 radical (unpaired) electrons. The first-order valence-corrected chi connectivity index (χ1v) is 11.4. The number of thiazole rings is 1. The largest absolute Gasteiger partial charge is 0.357 e. The van der Waals surface area contributed by atoms with Gasteiger partial charge in [-0.2, -0.15) is 0 Å². The Morgan fingerprint density at radius 1 is 1.20 bits per heavy atom. The van der Waals surface area contributed by atoms with Gasteiger partial charge < -0.3 is 15.5 Å². The number of amides is 1. The van der Waals surface area contributed by atoms with Gasteiger partial charge in [0.25, 0.3) is 0 Å². The number of benzene rings is 1. The molecule has 1 amide bonds. The highest BCUT2D eigenvalue weighted by Crippen LogP contribution is 2.21. The summed E-state index contributed by atoms with van der Waals surface area (Å²) in [5.41, 5.74) is 2.12. The lowest BCUT2D eigenvalue weighted by Crippen LogP contribution is -2.38. The van der Waals surface area contributed by atoms with Gasteiger partial charge in [-0.15, -0.1) is 35.3 Å². The van der Waals surface area contributed by atoms with Crippen LogP contribution in [0.1, 0.15) is 48.6 Å². The first-order valence-electron chi connectivity index (χ1n) is 10.5. The van der Waals surface area contributed by atoms with E-state index in [2.05, 4.69) is 41.6 Å². The maximum absolute atomic E-state index is 12.1. The van der Waals surface area contributed by atoms with Gasteiger partial charge in [-0.1, -0.05) is 19.1 Å². The molecule has 0 saturated carbocycles. The summed E-state index contributed by atoms with van der Waals surface area (Å²) < 4.78 is 0. The molecule has 1 aliphatic heterocycles. The molecular formula is C22H32IN5OS. The smallest absolute Gasteiger partial charge is 0.226 e. The van der Waals surface area contributed by atoms with Crippen molar-refractivity contribution in [1.29, 1.82) is 0 Å². The SMILES string of the molecule is CCNC(=NCc1ccc(N2CCCCC2=O)cc1)NCCc1ncc(CC)s1.I. The van der Waals surface area contributed by atoms with Crippen molar-refractivity contribution >= 4 is 52.9 Å². The molecule has 1 aromatic carbocycles. The van der Waals surface area contributed by atoms with Gasteiger partial charge in [0.1, 0.15) is 0 Å². The number of guanidine groups is 1. The number of hydrogen-bond acceptors (Lipinski definition) is 4. The van der Waals surface area contributed by atoms with Crippen molar-refractivity contribution in [3.8, 4) is 0 Å². The summed E-state index contributed by atoms with van der Waals surface area (Å²) in [5.74, 6) is 1.04. The Morgan fingerprint density at radius 2 is 2.00 bits per heavy atom. The summed E-state index contributed by atoms with van der Waals surface area (Å²) in [5, 5.41) is 7.84. The van der Waals surface area contributed by atoms with Crippen molar-refractivity contribution in [2.75, 3.05) is 24.5 Å². The molecule has 8 heteroatoms. The minimum atomic E-state index is 0. The molecule has 1 saturated heterocycles. The van der Waals surface area contributed by atoms with Gasteiger partial charge in [-0.25, -0.2) is 9.98 Å². The molecule has 2 heterocycles. The topological polar surface area (TPSA) is 69.6 Å². The van der Waals surface area contributed by atoms with Crippen molar-refractivity contribution in [2.45, 2.75) is 52.5 Å². The molecule has 164 valence electrons. The van der Waals surface area contributed by atoms with Gasteiger partial charge in [-0.05, 0) is 43.9 Å². The number of hydrogen-bond donors (Lipinski definition) is 2. The van der Waals surface area contributed by atoms with Crippen LogP contribution < -0.4 is 15.5 Å². The molecule has 6 nitrogen and oxygen atoms in total. The van der Waals surface area contributed by atoms with Crippen molar-refractivity contribution in [3.63, 3.8) is 0 Å². The third-order valence-electron chi connectivity index (χ3n) is 4.92. The lowest BCUT2D eigenvalue weighted by molar-refractivity contribution is -0.119. The Hall–Kier alpha value is -1.68. The molecule has 0 unspecified atom stereocenters. The predicted octanol–water partition coefficient (Wildman–Crippen LogP) is 4.14. The zero-order chi connectivity index (χ0) is 20.5. The number of nitrogens with one attached hydrogen (secondary N) is 2. The molecule has 0 atom stereocenters. The number of rotatable bonds is 8. The van der Waals surface area contributed by atoms with Gasteiger partial charge in [0.15, 0.2) is 5.96 Å². The molecule has 1 fully saturated rings. The maximum Gasteiger partial charge on any atom is 0.226 e. The fourth-order valence-corrected chi connectivity index (χ4v) is 4.15.